The predicted octanol–water partition coefficient (Wildman–Crippen LogP) is -0.628. The number of nitrogens with two attached hydrogens (primary N) is 1. The Morgan fingerprint density at radius 3 is 2.50 bits per heavy atom. The Labute approximate surface area is 97.5 Å². The summed E-state index contributed by atoms with van der Waals surface area (Å²) >= 11 is 0. The molecule has 2 N–H and O–H groups in total. The molecule has 0 radical (unpaired) electrons. The van der Waals surface area contributed by atoms with Crippen LogP contribution >= 0.6 is 0 Å². The molecule has 1 unspecified atom stereocenters. The fourth-order valence-corrected chi connectivity index (χ4v) is 1.82. The van der Waals surface area contributed by atoms with Gasteiger partial charge in [0.15, 0.2) is 0 Å². The molecule has 5 heteroatoms. The lowest BCUT2D eigenvalue weighted by molar-refractivity contribution is -0.136. The lowest BCUT2D eigenvalue weighted by Crippen LogP contribution is -2.51. The number of amides is 1. The van der Waals surface area contributed by atoms with Crippen molar-refractivity contribution >= 4 is 5.91 Å². The predicted molar refractivity (Wildman–Crippen MR) is 63.1 cm³/mol. The molecule has 0 aromatic carbocycles. The summed E-state index contributed by atoms with van der Waals surface area (Å²) in [6, 6.07) is 0. The van der Waals surface area contributed by atoms with E-state index < -0.39 is 0 Å². The van der Waals surface area contributed by atoms with E-state index in [2.05, 4.69) is 4.90 Å². The highest BCUT2D eigenvalue weighted by Crippen LogP contribution is 2.06. The van der Waals surface area contributed by atoms with E-state index in [1.807, 2.05) is 11.8 Å². The van der Waals surface area contributed by atoms with E-state index in [0.717, 1.165) is 39.3 Å². The second kappa shape index (κ2) is 6.83. The molecule has 0 aromatic rings. The second-order valence-electron chi connectivity index (χ2n) is 4.30. The molecule has 1 rings (SSSR count). The summed E-state index contributed by atoms with van der Waals surface area (Å²) in [5.41, 5.74) is 5.50. The Balaban J connectivity index is 2.28. The number of carbonyl (C=O) groups excluding carboxylic acids is 1. The van der Waals surface area contributed by atoms with Gasteiger partial charge >= 0.3 is 0 Å². The Bertz CT molecular complexity index is 215. The number of ether oxygens (including phenoxy) is 1. The number of hydrogen-bond donors (Lipinski definition) is 1. The third-order valence-corrected chi connectivity index (χ3v) is 3.07. The zero-order valence-electron chi connectivity index (χ0n) is 10.3. The van der Waals surface area contributed by atoms with Crippen LogP contribution in [0.25, 0.3) is 0 Å². The fourth-order valence-electron chi connectivity index (χ4n) is 1.82. The van der Waals surface area contributed by atoms with E-state index in [-0.39, 0.29) is 11.8 Å². The number of hydrogen-bond acceptors (Lipinski definition) is 4. The molecular weight excluding hydrogens is 206 g/mol. The molecule has 0 saturated carbocycles. The third-order valence-electron chi connectivity index (χ3n) is 3.07. The maximum Gasteiger partial charge on any atom is 0.226 e. The standard InChI is InChI=1S/C11H23N3O2/c1-10(9-12)11(15)14-5-3-13(4-6-14)7-8-16-2/h10H,3-9,12H2,1-2H3. The topological polar surface area (TPSA) is 58.8 Å². The number of methoxy groups -OCH3 is 1. The second-order valence-corrected chi connectivity index (χ2v) is 4.30. The zero-order chi connectivity index (χ0) is 12.0. The molecule has 0 aliphatic carbocycles. The van der Waals surface area contributed by atoms with Gasteiger partial charge in [-0.1, -0.05) is 6.92 Å². The maximum absolute atomic E-state index is 11.9. The Hall–Kier alpha value is -0.650. The highest BCUT2D eigenvalue weighted by Gasteiger charge is 2.23. The molecule has 94 valence electrons. The van der Waals surface area contributed by atoms with E-state index in [1.54, 1.807) is 7.11 Å². The normalized spacial score (nSPS) is 19.8. The van der Waals surface area contributed by atoms with Crippen molar-refractivity contribution in [1.29, 1.82) is 0 Å². The third kappa shape index (κ3) is 3.73. The SMILES string of the molecule is COCCN1CCN(C(=O)C(C)CN)CC1. The van der Waals surface area contributed by atoms with Crippen molar-refractivity contribution < 1.29 is 9.53 Å². The zero-order valence-corrected chi connectivity index (χ0v) is 10.3. The molecule has 0 spiro atoms. The van der Waals surface area contributed by atoms with Gasteiger partial charge in [-0.2, -0.15) is 0 Å². The van der Waals surface area contributed by atoms with Gasteiger partial charge in [0.25, 0.3) is 0 Å². The van der Waals surface area contributed by atoms with Crippen molar-refractivity contribution in [3.8, 4) is 0 Å². The van der Waals surface area contributed by atoms with Crippen LogP contribution in [0.15, 0.2) is 0 Å². The summed E-state index contributed by atoms with van der Waals surface area (Å²) in [7, 11) is 1.71. The van der Waals surface area contributed by atoms with Gasteiger partial charge in [0, 0.05) is 52.3 Å². The van der Waals surface area contributed by atoms with Gasteiger partial charge in [-0.3, -0.25) is 9.69 Å². The molecule has 1 heterocycles. The first kappa shape index (κ1) is 13.4. The molecule has 1 saturated heterocycles. The molecule has 1 aliphatic rings. The smallest absolute Gasteiger partial charge is 0.226 e. The van der Waals surface area contributed by atoms with Crippen LogP contribution in [-0.4, -0.2) is 68.7 Å². The first-order valence-corrected chi connectivity index (χ1v) is 5.89. The molecule has 5 nitrogen and oxygen atoms in total. The molecule has 1 fully saturated rings. The maximum atomic E-state index is 11.9. The molecule has 1 aliphatic heterocycles. The van der Waals surface area contributed by atoms with Crippen LogP contribution in [0.4, 0.5) is 0 Å². The minimum absolute atomic E-state index is 0.0504. The summed E-state index contributed by atoms with van der Waals surface area (Å²) in [4.78, 5) is 16.1. The van der Waals surface area contributed by atoms with Crippen LogP contribution in [-0.2, 0) is 9.53 Å². The molecular formula is C11H23N3O2. The van der Waals surface area contributed by atoms with Gasteiger partial charge in [0.1, 0.15) is 0 Å². The Kier molecular flexibility index (Phi) is 5.73. The van der Waals surface area contributed by atoms with Crippen molar-refractivity contribution in [1.82, 2.24) is 9.80 Å². The average molecular weight is 229 g/mol. The number of piperazine rings is 1. The van der Waals surface area contributed by atoms with Crippen LogP contribution in [0.2, 0.25) is 0 Å². The molecule has 1 amide bonds. The van der Waals surface area contributed by atoms with Crippen LogP contribution in [0.5, 0.6) is 0 Å². The van der Waals surface area contributed by atoms with Crippen molar-refractivity contribution in [3.05, 3.63) is 0 Å². The van der Waals surface area contributed by atoms with E-state index in [4.69, 9.17) is 10.5 Å². The first-order valence-electron chi connectivity index (χ1n) is 5.89. The minimum atomic E-state index is -0.0504. The van der Waals surface area contributed by atoms with Crippen molar-refractivity contribution in [3.63, 3.8) is 0 Å². The molecule has 1 atom stereocenters. The van der Waals surface area contributed by atoms with E-state index in [1.165, 1.54) is 0 Å². The monoisotopic (exact) mass is 229 g/mol. The van der Waals surface area contributed by atoms with Gasteiger partial charge in [-0.25, -0.2) is 0 Å². The quantitative estimate of drug-likeness (QED) is 0.682. The van der Waals surface area contributed by atoms with Gasteiger partial charge < -0.3 is 15.4 Å². The number of nitrogens with zero attached hydrogens (tertiary/aromatic N) is 2. The Morgan fingerprint density at radius 2 is 2.00 bits per heavy atom. The summed E-state index contributed by atoms with van der Waals surface area (Å²) in [6.45, 7) is 7.53. The van der Waals surface area contributed by atoms with Crippen molar-refractivity contribution in [2.45, 2.75) is 6.92 Å². The number of carbonyl (C=O) groups is 1. The van der Waals surface area contributed by atoms with Gasteiger partial charge in [0.05, 0.1) is 6.61 Å². The molecule has 0 bridgehead atoms. The molecule has 16 heavy (non-hydrogen) atoms. The summed E-state index contributed by atoms with van der Waals surface area (Å²) in [5.74, 6) is 0.138. The summed E-state index contributed by atoms with van der Waals surface area (Å²) < 4.78 is 5.04. The number of rotatable bonds is 5. The minimum Gasteiger partial charge on any atom is -0.383 e. The van der Waals surface area contributed by atoms with Crippen LogP contribution in [0.3, 0.4) is 0 Å². The average Bonchev–Trinajstić information content (AvgIpc) is 2.35. The Morgan fingerprint density at radius 1 is 1.38 bits per heavy atom. The largest absolute Gasteiger partial charge is 0.383 e. The first-order chi connectivity index (χ1) is 7.69. The fraction of sp³-hybridized carbons (Fsp3) is 0.909. The van der Waals surface area contributed by atoms with Crippen molar-refractivity contribution in [2.24, 2.45) is 11.7 Å². The van der Waals surface area contributed by atoms with E-state index >= 15 is 0 Å². The highest BCUT2D eigenvalue weighted by atomic mass is 16.5. The summed E-state index contributed by atoms with van der Waals surface area (Å²) in [5, 5.41) is 0. The lowest BCUT2D eigenvalue weighted by atomic mass is 10.1. The van der Waals surface area contributed by atoms with Crippen LogP contribution in [0, 0.1) is 5.92 Å². The van der Waals surface area contributed by atoms with E-state index in [0.29, 0.717) is 6.54 Å². The van der Waals surface area contributed by atoms with E-state index in [9.17, 15) is 4.79 Å². The summed E-state index contributed by atoms with van der Waals surface area (Å²) in [6.07, 6.45) is 0. The van der Waals surface area contributed by atoms with Crippen molar-refractivity contribution in [2.75, 3.05) is 53.0 Å². The highest BCUT2D eigenvalue weighted by molar-refractivity contribution is 5.78. The van der Waals surface area contributed by atoms with Crippen LogP contribution < -0.4 is 5.73 Å². The lowest BCUT2D eigenvalue weighted by Gasteiger charge is -2.35. The van der Waals surface area contributed by atoms with Gasteiger partial charge in [-0.15, -0.1) is 0 Å². The van der Waals surface area contributed by atoms with Gasteiger partial charge in [0.2, 0.25) is 5.91 Å². The molecule has 0 aromatic heterocycles. The van der Waals surface area contributed by atoms with Crippen LogP contribution in [0.1, 0.15) is 6.92 Å². The van der Waals surface area contributed by atoms with Gasteiger partial charge in [-0.05, 0) is 0 Å².